The number of aryl methyl sites for hydroxylation is 2. The molecule has 0 aliphatic rings. The van der Waals surface area contributed by atoms with E-state index < -0.39 is 11.7 Å². The van der Waals surface area contributed by atoms with Gasteiger partial charge in [-0.25, -0.2) is 4.39 Å². The third-order valence-corrected chi connectivity index (χ3v) is 5.20. The summed E-state index contributed by atoms with van der Waals surface area (Å²) in [6.45, 7) is 8.23. The molecule has 0 unspecified atom stereocenters. The van der Waals surface area contributed by atoms with Crippen molar-refractivity contribution in [3.8, 4) is 10.6 Å². The first-order valence-electron chi connectivity index (χ1n) is 7.85. The molecule has 4 nitrogen and oxygen atoms in total. The third kappa shape index (κ3) is 3.30. The summed E-state index contributed by atoms with van der Waals surface area (Å²) in [7, 11) is 0. The number of aromatic nitrogens is 2. The molecular weight excluding hydrogens is 337 g/mol. The van der Waals surface area contributed by atoms with Crippen LogP contribution in [-0.2, 0) is 0 Å². The lowest BCUT2D eigenvalue weighted by molar-refractivity contribution is 0.102. The molecule has 0 radical (unpaired) electrons. The van der Waals surface area contributed by atoms with E-state index in [9.17, 15) is 9.18 Å². The molecule has 0 fully saturated rings. The largest absolute Gasteiger partial charge is 0.296 e. The number of rotatable bonds is 3. The maximum Gasteiger partial charge on any atom is 0.260 e. The van der Waals surface area contributed by atoms with Gasteiger partial charge in [0.2, 0.25) is 5.13 Å². The smallest absolute Gasteiger partial charge is 0.260 e. The number of anilines is 1. The van der Waals surface area contributed by atoms with Gasteiger partial charge in [-0.05, 0) is 62.1 Å². The molecule has 0 aliphatic heterocycles. The second kappa shape index (κ2) is 6.72. The molecule has 1 amide bonds. The van der Waals surface area contributed by atoms with Crippen molar-refractivity contribution in [2.24, 2.45) is 0 Å². The normalized spacial score (nSPS) is 10.8. The Morgan fingerprint density at radius 1 is 1.04 bits per heavy atom. The van der Waals surface area contributed by atoms with Gasteiger partial charge in [0.1, 0.15) is 10.8 Å². The molecular formula is C19H18FN3OS. The van der Waals surface area contributed by atoms with E-state index >= 15 is 0 Å². The molecule has 2 aromatic carbocycles. The summed E-state index contributed by atoms with van der Waals surface area (Å²) >= 11 is 1.28. The summed E-state index contributed by atoms with van der Waals surface area (Å²) in [4.78, 5) is 12.2. The summed E-state index contributed by atoms with van der Waals surface area (Å²) in [5.41, 5.74) is 5.69. The van der Waals surface area contributed by atoms with Crippen LogP contribution < -0.4 is 5.32 Å². The summed E-state index contributed by atoms with van der Waals surface area (Å²) in [5, 5.41) is 12.0. The Balaban J connectivity index is 1.92. The Kier molecular flexibility index (Phi) is 4.63. The zero-order chi connectivity index (χ0) is 18.1. The average Bonchev–Trinajstić information content (AvgIpc) is 3.01. The highest BCUT2D eigenvalue weighted by Gasteiger charge is 2.17. The molecule has 3 aromatic rings. The van der Waals surface area contributed by atoms with Crippen LogP contribution in [0.15, 0.2) is 30.3 Å². The number of nitrogens with one attached hydrogen (secondary N) is 1. The molecule has 25 heavy (non-hydrogen) atoms. The van der Waals surface area contributed by atoms with Crippen LogP contribution in [0.1, 0.15) is 32.6 Å². The Labute approximate surface area is 149 Å². The van der Waals surface area contributed by atoms with E-state index in [0.29, 0.717) is 5.13 Å². The lowest BCUT2D eigenvalue weighted by Gasteiger charge is -2.12. The van der Waals surface area contributed by atoms with Crippen LogP contribution in [0.25, 0.3) is 10.6 Å². The molecule has 0 bridgehead atoms. The van der Waals surface area contributed by atoms with Crippen LogP contribution in [0.3, 0.4) is 0 Å². The minimum atomic E-state index is -0.564. The minimum Gasteiger partial charge on any atom is -0.296 e. The van der Waals surface area contributed by atoms with Gasteiger partial charge in [0, 0.05) is 5.56 Å². The Morgan fingerprint density at radius 2 is 1.68 bits per heavy atom. The van der Waals surface area contributed by atoms with Gasteiger partial charge in [-0.3, -0.25) is 10.1 Å². The van der Waals surface area contributed by atoms with Gasteiger partial charge in [0.15, 0.2) is 0 Å². The summed E-state index contributed by atoms with van der Waals surface area (Å²) < 4.78 is 13.7. The minimum absolute atomic E-state index is 0.0157. The lowest BCUT2D eigenvalue weighted by atomic mass is 9.95. The van der Waals surface area contributed by atoms with Crippen molar-refractivity contribution in [1.82, 2.24) is 10.2 Å². The predicted molar refractivity (Wildman–Crippen MR) is 98.6 cm³/mol. The topological polar surface area (TPSA) is 54.9 Å². The second-order valence-corrected chi connectivity index (χ2v) is 6.96. The maximum absolute atomic E-state index is 13.7. The van der Waals surface area contributed by atoms with E-state index in [0.717, 1.165) is 21.7 Å². The zero-order valence-corrected chi connectivity index (χ0v) is 15.3. The second-order valence-electron chi connectivity index (χ2n) is 5.98. The van der Waals surface area contributed by atoms with Crippen LogP contribution in [0.2, 0.25) is 0 Å². The van der Waals surface area contributed by atoms with Crippen molar-refractivity contribution in [1.29, 1.82) is 0 Å². The van der Waals surface area contributed by atoms with Gasteiger partial charge in [0.05, 0.1) is 5.56 Å². The van der Waals surface area contributed by atoms with Gasteiger partial charge in [0.25, 0.3) is 5.91 Å². The van der Waals surface area contributed by atoms with Crippen molar-refractivity contribution >= 4 is 22.4 Å². The number of carbonyl (C=O) groups is 1. The Hall–Kier alpha value is -2.60. The number of hydrogen-bond donors (Lipinski definition) is 1. The van der Waals surface area contributed by atoms with Crippen molar-refractivity contribution in [3.05, 3.63) is 64.0 Å². The van der Waals surface area contributed by atoms with Gasteiger partial charge >= 0.3 is 0 Å². The van der Waals surface area contributed by atoms with Gasteiger partial charge < -0.3 is 0 Å². The quantitative estimate of drug-likeness (QED) is 0.732. The fraction of sp³-hybridized carbons (Fsp3) is 0.211. The van der Waals surface area contributed by atoms with Gasteiger partial charge in [-0.2, -0.15) is 0 Å². The summed E-state index contributed by atoms with van der Waals surface area (Å²) in [6.07, 6.45) is 0. The average molecular weight is 355 g/mol. The van der Waals surface area contributed by atoms with E-state index in [-0.39, 0.29) is 5.56 Å². The van der Waals surface area contributed by atoms with Gasteiger partial charge in [-0.15, -0.1) is 10.2 Å². The first-order chi connectivity index (χ1) is 11.9. The monoisotopic (exact) mass is 355 g/mol. The first-order valence-corrected chi connectivity index (χ1v) is 8.67. The number of benzene rings is 2. The number of hydrogen-bond acceptors (Lipinski definition) is 4. The van der Waals surface area contributed by atoms with Crippen molar-refractivity contribution in [3.63, 3.8) is 0 Å². The molecule has 6 heteroatoms. The molecule has 0 saturated carbocycles. The van der Waals surface area contributed by atoms with E-state index in [1.54, 1.807) is 12.1 Å². The highest BCUT2D eigenvalue weighted by molar-refractivity contribution is 7.18. The van der Waals surface area contributed by atoms with Crippen LogP contribution in [-0.4, -0.2) is 16.1 Å². The first kappa shape index (κ1) is 17.2. The predicted octanol–water partition coefficient (Wildman–Crippen LogP) is 4.83. The summed E-state index contributed by atoms with van der Waals surface area (Å²) in [5.74, 6) is -1.10. The van der Waals surface area contributed by atoms with Crippen molar-refractivity contribution < 1.29 is 9.18 Å². The molecule has 1 aromatic heterocycles. The number of amides is 1. The maximum atomic E-state index is 13.7. The van der Waals surface area contributed by atoms with Crippen LogP contribution >= 0.6 is 11.3 Å². The lowest BCUT2D eigenvalue weighted by Crippen LogP contribution is -2.13. The number of carbonyl (C=O) groups excluding carboxylic acids is 1. The Morgan fingerprint density at radius 3 is 2.32 bits per heavy atom. The number of nitrogens with zero attached hydrogens (tertiary/aromatic N) is 2. The van der Waals surface area contributed by atoms with E-state index in [4.69, 9.17) is 0 Å². The van der Waals surface area contributed by atoms with Crippen LogP contribution in [0.5, 0.6) is 0 Å². The SMILES string of the molecule is Cc1cc(C)c(C)c(-c2nnc(NC(=O)c3ccccc3F)s2)c1C. The van der Waals surface area contributed by atoms with E-state index in [1.165, 1.54) is 34.6 Å². The summed E-state index contributed by atoms with van der Waals surface area (Å²) in [6, 6.07) is 8.00. The van der Waals surface area contributed by atoms with Crippen molar-refractivity contribution in [2.75, 3.05) is 5.32 Å². The number of halogens is 1. The molecule has 128 valence electrons. The van der Waals surface area contributed by atoms with Crippen molar-refractivity contribution in [2.45, 2.75) is 27.7 Å². The molecule has 1 heterocycles. The Bertz CT molecular complexity index is 939. The van der Waals surface area contributed by atoms with Crippen LogP contribution in [0, 0.1) is 33.5 Å². The van der Waals surface area contributed by atoms with E-state index in [1.807, 2.05) is 0 Å². The molecule has 0 spiro atoms. The highest BCUT2D eigenvalue weighted by Crippen LogP contribution is 2.34. The van der Waals surface area contributed by atoms with Gasteiger partial charge in [-0.1, -0.05) is 29.5 Å². The van der Waals surface area contributed by atoms with Crippen LogP contribution in [0.4, 0.5) is 9.52 Å². The molecule has 0 aliphatic carbocycles. The fourth-order valence-electron chi connectivity index (χ4n) is 2.72. The standard InChI is InChI=1S/C19H18FN3OS/c1-10-9-11(2)13(4)16(12(10)3)18-22-23-19(25-18)21-17(24)14-7-5-6-8-15(14)20/h5-9H,1-4H3,(H,21,23,24). The third-order valence-electron chi connectivity index (χ3n) is 4.34. The molecule has 3 rings (SSSR count). The molecule has 0 atom stereocenters. The molecule has 0 saturated heterocycles. The fourth-order valence-corrected chi connectivity index (χ4v) is 3.62. The highest BCUT2D eigenvalue weighted by atomic mass is 32.1. The zero-order valence-electron chi connectivity index (χ0n) is 14.5. The van der Waals surface area contributed by atoms with E-state index in [2.05, 4.69) is 49.3 Å². The molecule has 1 N–H and O–H groups in total.